The van der Waals surface area contributed by atoms with Crippen molar-refractivity contribution in [3.05, 3.63) is 48.2 Å². The molecule has 3 aromatic heterocycles. The standard InChI is InChI=1S/C22H23N7O/c1-14(18-3-2-15(10-23)11-25-18)28-21(30)17-5-9-29(12-22(17)6-7-22)20-16-4-8-24-19(16)26-13-27-20/h2-4,8,11,13-14,17H,5-7,9,12H2,1H3,(H,28,30)(H,24,26,27)/t14?,17-/m1/s1. The zero-order valence-electron chi connectivity index (χ0n) is 16.8. The molecule has 8 nitrogen and oxygen atoms in total. The molecule has 1 aliphatic heterocycles. The van der Waals surface area contributed by atoms with Crippen molar-refractivity contribution in [1.82, 2.24) is 25.3 Å². The summed E-state index contributed by atoms with van der Waals surface area (Å²) >= 11 is 0. The minimum Gasteiger partial charge on any atom is -0.355 e. The van der Waals surface area contributed by atoms with Crippen LogP contribution in [0, 0.1) is 22.7 Å². The fourth-order valence-corrected chi connectivity index (χ4v) is 4.64. The van der Waals surface area contributed by atoms with Crippen molar-refractivity contribution in [3.63, 3.8) is 0 Å². The van der Waals surface area contributed by atoms with Crippen LogP contribution in [0.1, 0.15) is 43.5 Å². The van der Waals surface area contributed by atoms with E-state index in [1.807, 2.05) is 19.2 Å². The highest BCUT2D eigenvalue weighted by Gasteiger charge is 2.55. The fraction of sp³-hybridized carbons (Fsp3) is 0.409. The predicted molar refractivity (Wildman–Crippen MR) is 111 cm³/mol. The smallest absolute Gasteiger partial charge is 0.224 e. The second kappa shape index (κ2) is 7.10. The summed E-state index contributed by atoms with van der Waals surface area (Å²) in [5.74, 6) is 1.04. The number of nitrogens with one attached hydrogen (secondary N) is 2. The summed E-state index contributed by atoms with van der Waals surface area (Å²) in [6, 6.07) is 7.41. The molecule has 0 aromatic carbocycles. The molecule has 1 aliphatic carbocycles. The Kier molecular flexibility index (Phi) is 4.39. The lowest BCUT2D eigenvalue weighted by atomic mass is 9.81. The summed E-state index contributed by atoms with van der Waals surface area (Å²) in [5, 5.41) is 13.1. The largest absolute Gasteiger partial charge is 0.355 e. The van der Waals surface area contributed by atoms with Gasteiger partial charge in [0.1, 0.15) is 23.9 Å². The Hall–Kier alpha value is -3.47. The highest BCUT2D eigenvalue weighted by atomic mass is 16.2. The molecule has 1 unspecified atom stereocenters. The Morgan fingerprint density at radius 2 is 2.20 bits per heavy atom. The molecule has 1 saturated carbocycles. The molecule has 2 fully saturated rings. The molecular weight excluding hydrogens is 378 g/mol. The second-order valence-corrected chi connectivity index (χ2v) is 8.38. The highest BCUT2D eigenvalue weighted by molar-refractivity contribution is 5.87. The van der Waals surface area contributed by atoms with Crippen molar-refractivity contribution in [2.45, 2.75) is 32.2 Å². The van der Waals surface area contributed by atoms with E-state index in [1.54, 1.807) is 24.7 Å². The number of carbonyl (C=O) groups is 1. The van der Waals surface area contributed by atoms with Crippen LogP contribution >= 0.6 is 0 Å². The number of fused-ring (bicyclic) bond motifs is 1. The van der Waals surface area contributed by atoms with Crippen LogP contribution in [0.4, 0.5) is 5.82 Å². The van der Waals surface area contributed by atoms with Crippen molar-refractivity contribution in [2.75, 3.05) is 18.0 Å². The lowest BCUT2D eigenvalue weighted by molar-refractivity contribution is -0.128. The van der Waals surface area contributed by atoms with Crippen LogP contribution in [-0.4, -0.2) is 38.9 Å². The molecule has 5 rings (SSSR count). The van der Waals surface area contributed by atoms with E-state index in [-0.39, 0.29) is 23.3 Å². The SMILES string of the molecule is CC(NC(=O)[C@H]1CCN(c2ncnc3[nH]ccc23)CC12CC2)c1ccc(C#N)cn1. The number of pyridine rings is 1. The van der Waals surface area contributed by atoms with Crippen molar-refractivity contribution in [1.29, 1.82) is 5.26 Å². The first kappa shape index (κ1) is 18.6. The van der Waals surface area contributed by atoms with Crippen LogP contribution in [-0.2, 0) is 4.79 Å². The third kappa shape index (κ3) is 3.16. The van der Waals surface area contributed by atoms with Gasteiger partial charge in [0.15, 0.2) is 0 Å². The van der Waals surface area contributed by atoms with Crippen molar-refractivity contribution < 1.29 is 4.79 Å². The summed E-state index contributed by atoms with van der Waals surface area (Å²) in [5.41, 5.74) is 2.14. The number of nitrogens with zero attached hydrogens (tertiary/aromatic N) is 5. The number of hydrogen-bond acceptors (Lipinski definition) is 6. The van der Waals surface area contributed by atoms with Crippen LogP contribution in [0.3, 0.4) is 0 Å². The number of hydrogen-bond donors (Lipinski definition) is 2. The minimum atomic E-state index is -0.194. The molecule has 1 spiro atoms. The molecule has 1 amide bonds. The van der Waals surface area contributed by atoms with Gasteiger partial charge in [0, 0.05) is 31.4 Å². The number of aromatic amines is 1. The second-order valence-electron chi connectivity index (χ2n) is 8.38. The van der Waals surface area contributed by atoms with Gasteiger partial charge in [-0.15, -0.1) is 0 Å². The summed E-state index contributed by atoms with van der Waals surface area (Å²) in [7, 11) is 0. The summed E-state index contributed by atoms with van der Waals surface area (Å²) in [4.78, 5) is 31.7. The molecule has 2 aliphatic rings. The maximum atomic E-state index is 13.1. The number of nitriles is 1. The van der Waals surface area contributed by atoms with Gasteiger partial charge in [-0.3, -0.25) is 9.78 Å². The predicted octanol–water partition coefficient (Wildman–Crippen LogP) is 2.71. The van der Waals surface area contributed by atoms with Crippen molar-refractivity contribution in [2.24, 2.45) is 11.3 Å². The molecule has 30 heavy (non-hydrogen) atoms. The van der Waals surface area contributed by atoms with Gasteiger partial charge in [0.05, 0.1) is 22.7 Å². The number of H-pyrrole nitrogens is 1. The maximum absolute atomic E-state index is 13.1. The van der Waals surface area contributed by atoms with Crippen molar-refractivity contribution in [3.8, 4) is 6.07 Å². The number of piperidine rings is 1. The van der Waals surface area contributed by atoms with Gasteiger partial charge >= 0.3 is 0 Å². The van der Waals surface area contributed by atoms with Gasteiger partial charge in [-0.25, -0.2) is 9.97 Å². The van der Waals surface area contributed by atoms with Gasteiger partial charge < -0.3 is 15.2 Å². The Morgan fingerprint density at radius 1 is 1.33 bits per heavy atom. The Morgan fingerprint density at radius 3 is 2.93 bits per heavy atom. The molecule has 152 valence electrons. The third-order valence-electron chi connectivity index (χ3n) is 6.49. The lowest BCUT2D eigenvalue weighted by Crippen LogP contribution is -2.48. The van der Waals surface area contributed by atoms with E-state index in [2.05, 4.69) is 36.2 Å². The van der Waals surface area contributed by atoms with E-state index in [0.717, 1.165) is 54.9 Å². The zero-order valence-corrected chi connectivity index (χ0v) is 16.8. The fourth-order valence-electron chi connectivity index (χ4n) is 4.64. The Balaban J connectivity index is 1.29. The third-order valence-corrected chi connectivity index (χ3v) is 6.49. The van der Waals surface area contributed by atoms with E-state index in [4.69, 9.17) is 5.26 Å². The first-order valence-electron chi connectivity index (χ1n) is 10.3. The molecule has 2 N–H and O–H groups in total. The van der Waals surface area contributed by atoms with E-state index in [9.17, 15) is 4.79 Å². The summed E-state index contributed by atoms with van der Waals surface area (Å²) in [6.07, 6.45) is 7.95. The van der Waals surface area contributed by atoms with E-state index < -0.39 is 0 Å². The molecule has 2 atom stereocenters. The van der Waals surface area contributed by atoms with E-state index in [0.29, 0.717) is 5.56 Å². The monoisotopic (exact) mass is 401 g/mol. The van der Waals surface area contributed by atoms with Crippen LogP contribution in [0.2, 0.25) is 0 Å². The van der Waals surface area contributed by atoms with Crippen molar-refractivity contribution >= 4 is 22.8 Å². The topological polar surface area (TPSA) is 111 Å². The first-order chi connectivity index (χ1) is 14.6. The van der Waals surface area contributed by atoms with Gasteiger partial charge in [0.2, 0.25) is 5.91 Å². The molecule has 4 heterocycles. The number of amides is 1. The lowest BCUT2D eigenvalue weighted by Gasteiger charge is -2.39. The van der Waals surface area contributed by atoms with E-state index >= 15 is 0 Å². The summed E-state index contributed by atoms with van der Waals surface area (Å²) in [6.45, 7) is 3.57. The number of carbonyl (C=O) groups excluding carboxylic acids is 1. The maximum Gasteiger partial charge on any atom is 0.224 e. The Bertz CT molecular complexity index is 1130. The molecule has 0 bridgehead atoms. The van der Waals surface area contributed by atoms with Gasteiger partial charge in [-0.1, -0.05) is 0 Å². The molecule has 3 aromatic rings. The highest BCUT2D eigenvalue weighted by Crippen LogP contribution is 2.56. The normalized spacial score (nSPS) is 20.7. The van der Waals surface area contributed by atoms with Gasteiger partial charge in [0.25, 0.3) is 0 Å². The quantitative estimate of drug-likeness (QED) is 0.695. The van der Waals surface area contributed by atoms with Crippen LogP contribution in [0.15, 0.2) is 36.9 Å². The zero-order chi connectivity index (χ0) is 20.7. The summed E-state index contributed by atoms with van der Waals surface area (Å²) < 4.78 is 0. The average molecular weight is 401 g/mol. The number of aromatic nitrogens is 4. The average Bonchev–Trinajstić information content (AvgIpc) is 3.34. The number of rotatable bonds is 4. The molecule has 0 radical (unpaired) electrons. The van der Waals surface area contributed by atoms with Crippen LogP contribution in [0.25, 0.3) is 11.0 Å². The van der Waals surface area contributed by atoms with Gasteiger partial charge in [-0.2, -0.15) is 5.26 Å². The van der Waals surface area contributed by atoms with Crippen LogP contribution in [0.5, 0.6) is 0 Å². The van der Waals surface area contributed by atoms with Gasteiger partial charge in [-0.05, 0) is 49.8 Å². The number of anilines is 1. The first-order valence-corrected chi connectivity index (χ1v) is 10.3. The Labute approximate surface area is 174 Å². The van der Waals surface area contributed by atoms with Crippen LogP contribution < -0.4 is 10.2 Å². The molecule has 1 saturated heterocycles. The molecular formula is C22H23N7O. The minimum absolute atomic E-state index is 0.00173. The van der Waals surface area contributed by atoms with E-state index in [1.165, 1.54) is 0 Å². The molecule has 8 heteroatoms.